The molecule has 7 heteroatoms. The van der Waals surface area contributed by atoms with Crippen LogP contribution < -0.4 is 4.74 Å². The van der Waals surface area contributed by atoms with Crippen LogP contribution in [0.4, 0.5) is 0 Å². The Morgan fingerprint density at radius 1 is 1.33 bits per heavy atom. The normalized spacial score (nSPS) is 15.5. The number of carbonyl (C=O) groups is 1. The summed E-state index contributed by atoms with van der Waals surface area (Å²) in [5.41, 5.74) is 0.769. The Hall–Kier alpha value is -1.63. The molecular formula is C17H19ClN2O3S. The Balaban J connectivity index is 1.50. The number of aromatic nitrogens is 1. The fourth-order valence-electron chi connectivity index (χ4n) is 2.55. The maximum atomic E-state index is 12.3. The zero-order valence-electron chi connectivity index (χ0n) is 13.2. The summed E-state index contributed by atoms with van der Waals surface area (Å²) < 4.78 is 5.66. The second-order valence-corrected chi connectivity index (χ2v) is 7.14. The number of piperidine rings is 1. The predicted octanol–water partition coefficient (Wildman–Crippen LogP) is 2.90. The van der Waals surface area contributed by atoms with E-state index in [0.29, 0.717) is 44.0 Å². The molecule has 0 saturated carbocycles. The van der Waals surface area contributed by atoms with Gasteiger partial charge >= 0.3 is 0 Å². The van der Waals surface area contributed by atoms with E-state index in [-0.39, 0.29) is 12.0 Å². The molecule has 24 heavy (non-hydrogen) atoms. The second-order valence-electron chi connectivity index (χ2n) is 5.76. The standard InChI is InChI=1S/C17H19ClN2O3S/c18-12-1-3-15(4-2-12)23-10-16-19-13(11-24-16)9-17(22)20-7-5-14(21)6-8-20/h1-4,11,14,21H,5-10H2. The zero-order chi connectivity index (χ0) is 16.9. The second kappa shape index (κ2) is 7.96. The summed E-state index contributed by atoms with van der Waals surface area (Å²) >= 11 is 7.33. The van der Waals surface area contributed by atoms with E-state index in [9.17, 15) is 9.90 Å². The van der Waals surface area contributed by atoms with Gasteiger partial charge in [-0.1, -0.05) is 11.6 Å². The van der Waals surface area contributed by atoms with E-state index in [0.717, 1.165) is 16.5 Å². The minimum absolute atomic E-state index is 0.0670. The fraction of sp³-hybridized carbons (Fsp3) is 0.412. The lowest BCUT2D eigenvalue weighted by Gasteiger charge is -2.29. The van der Waals surface area contributed by atoms with E-state index in [1.807, 2.05) is 17.5 Å². The summed E-state index contributed by atoms with van der Waals surface area (Å²) in [5, 5.41) is 12.9. The first-order chi connectivity index (χ1) is 11.6. The quantitative estimate of drug-likeness (QED) is 0.883. The molecule has 3 rings (SSSR count). The lowest BCUT2D eigenvalue weighted by molar-refractivity contribution is -0.132. The van der Waals surface area contributed by atoms with Crippen molar-refractivity contribution in [3.8, 4) is 5.75 Å². The van der Waals surface area contributed by atoms with Crippen LogP contribution in [0.1, 0.15) is 23.5 Å². The minimum atomic E-state index is -0.273. The number of aliphatic hydroxyl groups is 1. The number of thiazole rings is 1. The molecule has 0 spiro atoms. The number of hydrogen-bond acceptors (Lipinski definition) is 5. The summed E-state index contributed by atoms with van der Waals surface area (Å²) in [7, 11) is 0. The van der Waals surface area contributed by atoms with Gasteiger partial charge in [0.15, 0.2) is 0 Å². The molecule has 0 unspecified atom stereocenters. The molecule has 1 aliphatic heterocycles. The minimum Gasteiger partial charge on any atom is -0.486 e. The van der Waals surface area contributed by atoms with Crippen LogP contribution in [0.25, 0.3) is 0 Å². The summed E-state index contributed by atoms with van der Waals surface area (Å²) in [6.45, 7) is 1.61. The van der Waals surface area contributed by atoms with Crippen molar-refractivity contribution in [1.29, 1.82) is 0 Å². The highest BCUT2D eigenvalue weighted by Gasteiger charge is 2.21. The number of nitrogens with zero attached hydrogens (tertiary/aromatic N) is 2. The van der Waals surface area contributed by atoms with Crippen molar-refractivity contribution in [1.82, 2.24) is 9.88 Å². The van der Waals surface area contributed by atoms with Gasteiger partial charge in [0.2, 0.25) is 5.91 Å². The van der Waals surface area contributed by atoms with Crippen LogP contribution in [-0.2, 0) is 17.8 Å². The highest BCUT2D eigenvalue weighted by Crippen LogP contribution is 2.19. The van der Waals surface area contributed by atoms with Crippen LogP contribution >= 0.6 is 22.9 Å². The van der Waals surface area contributed by atoms with Gasteiger partial charge in [-0.3, -0.25) is 4.79 Å². The third kappa shape index (κ3) is 4.69. The van der Waals surface area contributed by atoms with Gasteiger partial charge in [-0.15, -0.1) is 11.3 Å². The largest absolute Gasteiger partial charge is 0.486 e. The molecule has 1 aliphatic rings. The topological polar surface area (TPSA) is 62.7 Å². The molecule has 2 heterocycles. The highest BCUT2D eigenvalue weighted by molar-refractivity contribution is 7.09. The Labute approximate surface area is 149 Å². The van der Waals surface area contributed by atoms with Crippen molar-refractivity contribution in [2.75, 3.05) is 13.1 Å². The molecule has 0 bridgehead atoms. The maximum absolute atomic E-state index is 12.3. The van der Waals surface area contributed by atoms with Crippen molar-refractivity contribution in [3.63, 3.8) is 0 Å². The zero-order valence-corrected chi connectivity index (χ0v) is 14.7. The maximum Gasteiger partial charge on any atom is 0.228 e. The molecule has 1 fully saturated rings. The smallest absolute Gasteiger partial charge is 0.228 e. The highest BCUT2D eigenvalue weighted by atomic mass is 35.5. The first kappa shape index (κ1) is 17.2. The summed E-state index contributed by atoms with van der Waals surface area (Å²) in [6, 6.07) is 7.17. The number of likely N-dealkylation sites (tertiary alicyclic amines) is 1. The monoisotopic (exact) mass is 366 g/mol. The first-order valence-corrected chi connectivity index (χ1v) is 9.13. The fourth-order valence-corrected chi connectivity index (χ4v) is 3.39. The van der Waals surface area contributed by atoms with E-state index in [2.05, 4.69) is 4.98 Å². The number of ether oxygens (including phenoxy) is 1. The molecule has 2 aromatic rings. The number of aliphatic hydroxyl groups excluding tert-OH is 1. The molecule has 0 aliphatic carbocycles. The SMILES string of the molecule is O=C(Cc1csc(COc2ccc(Cl)cc2)n1)N1CCC(O)CC1. The van der Waals surface area contributed by atoms with Gasteiger partial charge in [-0.25, -0.2) is 4.98 Å². The Morgan fingerprint density at radius 2 is 2.04 bits per heavy atom. The van der Waals surface area contributed by atoms with Gasteiger partial charge < -0.3 is 14.7 Å². The van der Waals surface area contributed by atoms with Gasteiger partial charge in [0.1, 0.15) is 17.4 Å². The van der Waals surface area contributed by atoms with Gasteiger partial charge in [-0.05, 0) is 37.1 Å². The van der Waals surface area contributed by atoms with Gasteiger partial charge in [0.25, 0.3) is 0 Å². The van der Waals surface area contributed by atoms with Gasteiger partial charge in [0, 0.05) is 23.5 Å². The number of carbonyl (C=O) groups excluding carboxylic acids is 1. The average molecular weight is 367 g/mol. The van der Waals surface area contributed by atoms with Crippen LogP contribution in [0.15, 0.2) is 29.6 Å². The Kier molecular flexibility index (Phi) is 5.71. The average Bonchev–Trinajstić information content (AvgIpc) is 3.02. The molecule has 1 aromatic carbocycles. The van der Waals surface area contributed by atoms with Crippen molar-refractivity contribution in [3.05, 3.63) is 45.4 Å². The number of benzene rings is 1. The molecular weight excluding hydrogens is 348 g/mol. The molecule has 128 valence electrons. The van der Waals surface area contributed by atoms with Crippen LogP contribution in [-0.4, -0.2) is 40.1 Å². The van der Waals surface area contributed by atoms with E-state index >= 15 is 0 Å². The van der Waals surface area contributed by atoms with Gasteiger partial charge in [-0.2, -0.15) is 0 Å². The van der Waals surface area contributed by atoms with Crippen LogP contribution in [0.3, 0.4) is 0 Å². The molecule has 0 atom stereocenters. The lowest BCUT2D eigenvalue weighted by atomic mass is 10.1. The Morgan fingerprint density at radius 3 is 2.75 bits per heavy atom. The molecule has 1 N–H and O–H groups in total. The van der Waals surface area contributed by atoms with E-state index in [4.69, 9.17) is 16.3 Å². The summed E-state index contributed by atoms with van der Waals surface area (Å²) in [6.07, 6.45) is 1.34. The third-order valence-corrected chi connectivity index (χ3v) is 5.05. The van der Waals surface area contributed by atoms with Crippen molar-refractivity contribution in [2.45, 2.75) is 32.0 Å². The first-order valence-electron chi connectivity index (χ1n) is 7.87. The third-order valence-electron chi connectivity index (χ3n) is 3.92. The van der Waals surface area contributed by atoms with Crippen molar-refractivity contribution < 1.29 is 14.6 Å². The number of hydrogen-bond donors (Lipinski definition) is 1. The molecule has 1 saturated heterocycles. The summed E-state index contributed by atoms with van der Waals surface area (Å²) in [5.74, 6) is 0.802. The van der Waals surface area contributed by atoms with Crippen LogP contribution in [0.5, 0.6) is 5.75 Å². The summed E-state index contributed by atoms with van der Waals surface area (Å²) in [4.78, 5) is 18.5. The molecule has 1 amide bonds. The molecule has 0 radical (unpaired) electrons. The Bertz CT molecular complexity index is 681. The van der Waals surface area contributed by atoms with E-state index < -0.39 is 0 Å². The van der Waals surface area contributed by atoms with Crippen LogP contribution in [0, 0.1) is 0 Å². The number of halogens is 1. The van der Waals surface area contributed by atoms with Gasteiger partial charge in [0.05, 0.1) is 18.2 Å². The van der Waals surface area contributed by atoms with Crippen LogP contribution in [0.2, 0.25) is 5.02 Å². The number of rotatable bonds is 5. The van der Waals surface area contributed by atoms with E-state index in [1.165, 1.54) is 11.3 Å². The molecule has 1 aromatic heterocycles. The predicted molar refractivity (Wildman–Crippen MR) is 93.4 cm³/mol. The molecule has 5 nitrogen and oxygen atoms in total. The van der Waals surface area contributed by atoms with E-state index in [1.54, 1.807) is 17.0 Å². The van der Waals surface area contributed by atoms with Crippen molar-refractivity contribution >= 4 is 28.8 Å². The number of amides is 1. The lowest BCUT2D eigenvalue weighted by Crippen LogP contribution is -2.40. The van der Waals surface area contributed by atoms with Crippen molar-refractivity contribution in [2.24, 2.45) is 0 Å².